The van der Waals surface area contributed by atoms with Crippen LogP contribution in [0.4, 0.5) is 0 Å². The van der Waals surface area contributed by atoms with Crippen molar-refractivity contribution in [3.63, 3.8) is 0 Å². The maximum absolute atomic E-state index is 12.1. The summed E-state index contributed by atoms with van der Waals surface area (Å²) in [5.41, 5.74) is -0.108. The van der Waals surface area contributed by atoms with Gasteiger partial charge in [0, 0.05) is 10.9 Å². The van der Waals surface area contributed by atoms with Crippen molar-refractivity contribution in [3.8, 4) is 0 Å². The van der Waals surface area contributed by atoms with Gasteiger partial charge in [-0.15, -0.1) is 0 Å². The molecule has 0 amide bonds. The number of hydrogen-bond donors (Lipinski definition) is 0. The van der Waals surface area contributed by atoms with Gasteiger partial charge in [-0.3, -0.25) is 14.4 Å². The predicted octanol–water partition coefficient (Wildman–Crippen LogP) is 2.98. The Morgan fingerprint density at radius 1 is 1.00 bits per heavy atom. The van der Waals surface area contributed by atoms with Crippen LogP contribution in [0.3, 0.4) is 0 Å². The SMILES string of the molecule is COC(=O)C(C(=O)OC)C(COC(=O)C(C)(C)C)c1ccc(Cl)cc1. The summed E-state index contributed by atoms with van der Waals surface area (Å²) < 4.78 is 14.8. The largest absolute Gasteiger partial charge is 0.468 e. The van der Waals surface area contributed by atoms with Crippen molar-refractivity contribution >= 4 is 29.5 Å². The average molecular weight is 371 g/mol. The number of halogens is 1. The number of methoxy groups -OCH3 is 2. The monoisotopic (exact) mass is 370 g/mol. The summed E-state index contributed by atoms with van der Waals surface area (Å²) in [4.78, 5) is 36.4. The highest BCUT2D eigenvalue weighted by molar-refractivity contribution is 6.30. The van der Waals surface area contributed by atoms with Crippen LogP contribution in [-0.4, -0.2) is 38.7 Å². The summed E-state index contributed by atoms with van der Waals surface area (Å²) in [6.07, 6.45) is 0. The predicted molar refractivity (Wildman–Crippen MR) is 92.1 cm³/mol. The van der Waals surface area contributed by atoms with Crippen LogP contribution in [0, 0.1) is 11.3 Å². The van der Waals surface area contributed by atoms with Crippen LogP contribution in [-0.2, 0) is 28.6 Å². The number of hydrogen-bond acceptors (Lipinski definition) is 6. The first-order valence-corrected chi connectivity index (χ1v) is 8.08. The Labute approximate surface area is 152 Å². The molecule has 0 saturated carbocycles. The summed E-state index contributed by atoms with van der Waals surface area (Å²) in [5.74, 6) is -4.00. The number of esters is 3. The van der Waals surface area contributed by atoms with E-state index in [1.54, 1.807) is 45.0 Å². The van der Waals surface area contributed by atoms with Gasteiger partial charge in [0.2, 0.25) is 0 Å². The summed E-state index contributed by atoms with van der Waals surface area (Å²) >= 11 is 5.89. The third-order valence-corrected chi connectivity index (χ3v) is 3.87. The number of benzene rings is 1. The molecule has 7 heteroatoms. The zero-order chi connectivity index (χ0) is 19.2. The fourth-order valence-corrected chi connectivity index (χ4v) is 2.28. The van der Waals surface area contributed by atoms with Crippen molar-refractivity contribution in [1.29, 1.82) is 0 Å². The van der Waals surface area contributed by atoms with E-state index in [1.807, 2.05) is 0 Å². The molecule has 0 bridgehead atoms. The fourth-order valence-electron chi connectivity index (χ4n) is 2.16. The molecule has 0 heterocycles. The maximum Gasteiger partial charge on any atom is 0.320 e. The lowest BCUT2D eigenvalue weighted by Crippen LogP contribution is -2.36. The molecule has 138 valence electrons. The molecular weight excluding hydrogens is 348 g/mol. The van der Waals surface area contributed by atoms with Gasteiger partial charge in [-0.2, -0.15) is 0 Å². The molecule has 0 spiro atoms. The van der Waals surface area contributed by atoms with Gasteiger partial charge in [0.25, 0.3) is 0 Å². The van der Waals surface area contributed by atoms with E-state index in [0.29, 0.717) is 10.6 Å². The highest BCUT2D eigenvalue weighted by atomic mass is 35.5. The average Bonchev–Trinajstić information content (AvgIpc) is 2.57. The molecule has 0 fully saturated rings. The van der Waals surface area contributed by atoms with Crippen LogP contribution in [0.1, 0.15) is 32.3 Å². The maximum atomic E-state index is 12.1. The van der Waals surface area contributed by atoms with E-state index in [2.05, 4.69) is 0 Å². The smallest absolute Gasteiger partial charge is 0.320 e. The second-order valence-corrected chi connectivity index (χ2v) is 6.97. The molecule has 1 atom stereocenters. The minimum atomic E-state index is -1.26. The van der Waals surface area contributed by atoms with Crippen LogP contribution in [0.2, 0.25) is 5.02 Å². The van der Waals surface area contributed by atoms with E-state index in [-0.39, 0.29) is 6.61 Å². The molecule has 0 saturated heterocycles. The van der Waals surface area contributed by atoms with E-state index in [0.717, 1.165) is 0 Å². The lowest BCUT2D eigenvalue weighted by atomic mass is 9.86. The summed E-state index contributed by atoms with van der Waals surface area (Å²) in [5, 5.41) is 0.502. The van der Waals surface area contributed by atoms with Crippen LogP contribution in [0.15, 0.2) is 24.3 Å². The van der Waals surface area contributed by atoms with Crippen LogP contribution < -0.4 is 0 Å². The Kier molecular flexibility index (Phi) is 7.42. The Morgan fingerprint density at radius 3 is 1.88 bits per heavy atom. The van der Waals surface area contributed by atoms with Gasteiger partial charge in [0.1, 0.15) is 0 Å². The van der Waals surface area contributed by atoms with Crippen LogP contribution >= 0.6 is 11.6 Å². The normalized spacial score (nSPS) is 12.4. The van der Waals surface area contributed by atoms with Crippen LogP contribution in [0.5, 0.6) is 0 Å². The first kappa shape index (κ1) is 21.0. The van der Waals surface area contributed by atoms with Crippen LogP contribution in [0.25, 0.3) is 0 Å². The van der Waals surface area contributed by atoms with Gasteiger partial charge in [-0.1, -0.05) is 23.7 Å². The van der Waals surface area contributed by atoms with Gasteiger partial charge in [-0.25, -0.2) is 0 Å². The van der Waals surface area contributed by atoms with Crippen molar-refractivity contribution in [2.45, 2.75) is 26.7 Å². The summed E-state index contributed by atoms with van der Waals surface area (Å²) in [6.45, 7) is 4.97. The molecule has 6 nitrogen and oxygen atoms in total. The van der Waals surface area contributed by atoms with Crippen molar-refractivity contribution in [3.05, 3.63) is 34.9 Å². The number of ether oxygens (including phenoxy) is 3. The number of rotatable bonds is 6. The lowest BCUT2D eigenvalue weighted by Gasteiger charge is -2.25. The van der Waals surface area contributed by atoms with Gasteiger partial charge in [-0.05, 0) is 38.5 Å². The number of carbonyl (C=O) groups is 3. The van der Waals surface area contributed by atoms with Crippen molar-refractivity contribution < 1.29 is 28.6 Å². The molecule has 0 aliphatic heterocycles. The second-order valence-electron chi connectivity index (χ2n) is 6.53. The van der Waals surface area contributed by atoms with Gasteiger partial charge in [0.05, 0.1) is 26.2 Å². The molecule has 0 aliphatic carbocycles. The third-order valence-electron chi connectivity index (χ3n) is 3.62. The second kappa shape index (κ2) is 8.85. The van der Waals surface area contributed by atoms with E-state index < -0.39 is 35.2 Å². The Morgan fingerprint density at radius 2 is 1.48 bits per heavy atom. The standard InChI is InChI=1S/C18H23ClO6/c1-18(2,3)17(22)25-10-13(11-6-8-12(19)9-7-11)14(15(20)23-4)16(21)24-5/h6-9,13-14H,10H2,1-5H3. The van der Waals surface area contributed by atoms with E-state index in [4.69, 9.17) is 25.8 Å². The molecule has 1 unspecified atom stereocenters. The summed E-state index contributed by atoms with van der Waals surface area (Å²) in [7, 11) is 2.36. The third kappa shape index (κ3) is 5.74. The van der Waals surface area contributed by atoms with Crippen molar-refractivity contribution in [1.82, 2.24) is 0 Å². The van der Waals surface area contributed by atoms with Gasteiger partial charge in [0.15, 0.2) is 5.92 Å². The van der Waals surface area contributed by atoms with E-state index in [9.17, 15) is 14.4 Å². The van der Waals surface area contributed by atoms with Crippen molar-refractivity contribution in [2.24, 2.45) is 11.3 Å². The molecule has 25 heavy (non-hydrogen) atoms. The van der Waals surface area contributed by atoms with Gasteiger partial charge < -0.3 is 14.2 Å². The topological polar surface area (TPSA) is 78.9 Å². The molecule has 0 aromatic heterocycles. The molecular formula is C18H23ClO6. The quantitative estimate of drug-likeness (QED) is 0.435. The minimum Gasteiger partial charge on any atom is -0.468 e. The first-order chi connectivity index (χ1) is 11.6. The first-order valence-electron chi connectivity index (χ1n) is 7.70. The Balaban J connectivity index is 3.20. The molecule has 0 N–H and O–H groups in total. The minimum absolute atomic E-state index is 0.174. The Bertz CT molecular complexity index is 601. The fraction of sp³-hybridized carbons (Fsp3) is 0.500. The number of carbonyl (C=O) groups excluding carboxylic acids is 3. The highest BCUT2D eigenvalue weighted by Gasteiger charge is 2.39. The van der Waals surface area contributed by atoms with E-state index >= 15 is 0 Å². The molecule has 0 aliphatic rings. The highest BCUT2D eigenvalue weighted by Crippen LogP contribution is 2.29. The zero-order valence-corrected chi connectivity index (χ0v) is 15.8. The molecule has 1 rings (SSSR count). The lowest BCUT2D eigenvalue weighted by molar-refractivity contribution is -0.164. The zero-order valence-electron chi connectivity index (χ0n) is 15.0. The van der Waals surface area contributed by atoms with E-state index in [1.165, 1.54) is 14.2 Å². The molecule has 0 radical (unpaired) electrons. The van der Waals surface area contributed by atoms with Crippen molar-refractivity contribution in [2.75, 3.05) is 20.8 Å². The Hall–Kier alpha value is -2.08. The summed E-state index contributed by atoms with van der Waals surface area (Å²) in [6, 6.07) is 6.58. The van der Waals surface area contributed by atoms with Gasteiger partial charge >= 0.3 is 17.9 Å². The molecule has 1 aromatic rings. The molecule has 1 aromatic carbocycles.